The number of carbonyl (C=O) groups is 2. The highest BCUT2D eigenvalue weighted by Gasteiger charge is 2.34. The third-order valence-corrected chi connectivity index (χ3v) is 4.28. The number of halogens is 4. The highest BCUT2D eigenvalue weighted by Crippen LogP contribution is 2.31. The van der Waals surface area contributed by atoms with Gasteiger partial charge in [0.15, 0.2) is 0 Å². The van der Waals surface area contributed by atoms with Crippen LogP contribution in [0.4, 0.5) is 20.2 Å². The maximum atomic E-state index is 13.8. The first-order valence-electron chi connectivity index (χ1n) is 7.32. The van der Waals surface area contributed by atoms with E-state index in [0.717, 1.165) is 0 Å². The van der Waals surface area contributed by atoms with Crippen molar-refractivity contribution in [3.05, 3.63) is 81.6 Å². The van der Waals surface area contributed by atoms with Gasteiger partial charge in [0.2, 0.25) is 11.6 Å². The predicted molar refractivity (Wildman–Crippen MR) is 95.8 cm³/mol. The molecular weight excluding hydrogens is 385 g/mol. The lowest BCUT2D eigenvalue weighted by Crippen LogP contribution is -2.27. The quantitative estimate of drug-likeness (QED) is 0.747. The molecule has 4 nitrogen and oxygen atoms in total. The van der Waals surface area contributed by atoms with E-state index in [4.69, 9.17) is 23.2 Å². The summed E-state index contributed by atoms with van der Waals surface area (Å²) in [5.74, 6) is -2.92. The summed E-state index contributed by atoms with van der Waals surface area (Å²) in [7, 11) is 0. The SMILES string of the molecule is O=C1C(Cl)=C(Nc2ccccc2F)C(=O)C(Cl)=C1Nc1ccccc1F. The summed E-state index contributed by atoms with van der Waals surface area (Å²) in [4.78, 5) is 25.0. The first-order valence-corrected chi connectivity index (χ1v) is 8.07. The van der Waals surface area contributed by atoms with Crippen molar-refractivity contribution in [2.45, 2.75) is 0 Å². The smallest absolute Gasteiger partial charge is 0.224 e. The fourth-order valence-corrected chi connectivity index (χ4v) is 2.72. The largest absolute Gasteiger partial charge is 0.349 e. The van der Waals surface area contributed by atoms with E-state index in [0.29, 0.717) is 0 Å². The Kier molecular flexibility index (Phi) is 5.06. The number of rotatable bonds is 4. The lowest BCUT2D eigenvalue weighted by atomic mass is 10.0. The van der Waals surface area contributed by atoms with Crippen LogP contribution in [0.5, 0.6) is 0 Å². The van der Waals surface area contributed by atoms with E-state index in [1.165, 1.54) is 48.5 Å². The number of ketones is 2. The second-order valence-corrected chi connectivity index (χ2v) is 6.00. The van der Waals surface area contributed by atoms with Gasteiger partial charge in [-0.2, -0.15) is 0 Å². The van der Waals surface area contributed by atoms with Crippen LogP contribution in [0, 0.1) is 11.6 Å². The Morgan fingerprint density at radius 3 is 1.35 bits per heavy atom. The van der Waals surface area contributed by atoms with Gasteiger partial charge in [-0.25, -0.2) is 8.78 Å². The van der Waals surface area contributed by atoms with E-state index in [9.17, 15) is 18.4 Å². The van der Waals surface area contributed by atoms with Crippen molar-refractivity contribution in [2.75, 3.05) is 10.6 Å². The molecule has 0 amide bonds. The molecule has 2 aromatic rings. The number of benzene rings is 2. The van der Waals surface area contributed by atoms with Crippen LogP contribution in [0.15, 0.2) is 70.0 Å². The lowest BCUT2D eigenvalue weighted by molar-refractivity contribution is -0.115. The van der Waals surface area contributed by atoms with Gasteiger partial charge in [0, 0.05) is 0 Å². The molecule has 8 heteroatoms. The molecule has 3 rings (SSSR count). The van der Waals surface area contributed by atoms with Crippen molar-refractivity contribution in [1.29, 1.82) is 0 Å². The molecule has 2 N–H and O–H groups in total. The molecule has 0 atom stereocenters. The molecule has 0 saturated carbocycles. The van der Waals surface area contributed by atoms with E-state index >= 15 is 0 Å². The molecule has 0 spiro atoms. The predicted octanol–water partition coefficient (Wildman–Crippen LogP) is 4.54. The van der Waals surface area contributed by atoms with E-state index in [2.05, 4.69) is 10.6 Å². The fraction of sp³-hybridized carbons (Fsp3) is 0. The average Bonchev–Trinajstić information content (AvgIpc) is 2.63. The van der Waals surface area contributed by atoms with Gasteiger partial charge in [0.05, 0.1) is 11.4 Å². The van der Waals surface area contributed by atoms with Crippen LogP contribution in [0.1, 0.15) is 0 Å². The zero-order valence-corrected chi connectivity index (χ0v) is 14.5. The molecule has 0 aromatic heterocycles. The molecule has 0 bridgehead atoms. The summed E-state index contributed by atoms with van der Waals surface area (Å²) in [6, 6.07) is 11.1. The number of Topliss-reactive ketones (excluding diaryl/α,β-unsaturated/α-hetero) is 2. The summed E-state index contributed by atoms with van der Waals surface area (Å²) < 4.78 is 27.6. The van der Waals surface area contributed by atoms with Gasteiger partial charge in [-0.15, -0.1) is 0 Å². The van der Waals surface area contributed by atoms with Gasteiger partial charge in [-0.05, 0) is 24.3 Å². The summed E-state index contributed by atoms with van der Waals surface area (Å²) >= 11 is 12.0. The standard InChI is InChI=1S/C18H10Cl2F2N2O2/c19-13-15(23-11-7-3-1-5-9(11)21)17(25)14(20)16(18(13)26)24-12-8-4-2-6-10(12)22/h1-8,23-24H. The summed E-state index contributed by atoms with van der Waals surface area (Å²) in [6.07, 6.45) is 0. The van der Waals surface area contributed by atoms with Gasteiger partial charge >= 0.3 is 0 Å². The first kappa shape index (κ1) is 18.1. The zero-order valence-electron chi connectivity index (χ0n) is 12.9. The van der Waals surface area contributed by atoms with E-state index in [1.807, 2.05) is 0 Å². The van der Waals surface area contributed by atoms with Crippen LogP contribution in [-0.4, -0.2) is 11.6 Å². The molecule has 0 unspecified atom stereocenters. The normalized spacial score (nSPS) is 14.8. The van der Waals surface area contributed by atoms with Crippen LogP contribution in [0.3, 0.4) is 0 Å². The molecule has 132 valence electrons. The van der Waals surface area contributed by atoms with Crippen molar-refractivity contribution in [3.8, 4) is 0 Å². The van der Waals surface area contributed by atoms with Gasteiger partial charge in [-0.3, -0.25) is 9.59 Å². The Morgan fingerprint density at radius 2 is 1.00 bits per heavy atom. The topological polar surface area (TPSA) is 58.2 Å². The van der Waals surface area contributed by atoms with Gasteiger partial charge in [-0.1, -0.05) is 47.5 Å². The van der Waals surface area contributed by atoms with Gasteiger partial charge in [0.25, 0.3) is 0 Å². The van der Waals surface area contributed by atoms with E-state index in [-0.39, 0.29) is 22.8 Å². The van der Waals surface area contributed by atoms with Crippen LogP contribution >= 0.6 is 23.2 Å². The Morgan fingerprint density at radius 1 is 0.654 bits per heavy atom. The maximum absolute atomic E-state index is 13.8. The highest BCUT2D eigenvalue weighted by atomic mass is 35.5. The molecule has 0 saturated heterocycles. The summed E-state index contributed by atoms with van der Waals surface area (Å²) in [5.41, 5.74) is -0.801. The minimum atomic E-state index is -0.821. The third kappa shape index (κ3) is 3.34. The van der Waals surface area contributed by atoms with Crippen molar-refractivity contribution in [3.63, 3.8) is 0 Å². The van der Waals surface area contributed by atoms with Crippen LogP contribution in [0.2, 0.25) is 0 Å². The molecule has 26 heavy (non-hydrogen) atoms. The Balaban J connectivity index is 1.95. The second kappa shape index (κ2) is 7.27. The second-order valence-electron chi connectivity index (χ2n) is 5.25. The van der Waals surface area contributed by atoms with Crippen molar-refractivity contribution in [2.24, 2.45) is 0 Å². The van der Waals surface area contributed by atoms with Crippen molar-refractivity contribution in [1.82, 2.24) is 0 Å². The maximum Gasteiger partial charge on any atom is 0.224 e. The zero-order chi connectivity index (χ0) is 18.8. The molecule has 0 radical (unpaired) electrons. The van der Waals surface area contributed by atoms with Crippen LogP contribution in [0.25, 0.3) is 0 Å². The minimum Gasteiger partial charge on any atom is -0.349 e. The first-order chi connectivity index (χ1) is 12.4. The highest BCUT2D eigenvalue weighted by molar-refractivity contribution is 6.56. The number of para-hydroxylation sites is 2. The molecule has 0 fully saturated rings. The van der Waals surface area contributed by atoms with E-state index < -0.39 is 33.3 Å². The summed E-state index contributed by atoms with van der Waals surface area (Å²) in [5, 5.41) is 4.00. The van der Waals surface area contributed by atoms with Gasteiger partial charge in [0.1, 0.15) is 33.1 Å². The molecule has 1 aliphatic carbocycles. The summed E-state index contributed by atoms with van der Waals surface area (Å²) in [6.45, 7) is 0. The Hall–Kier alpha value is -2.70. The number of hydrogen-bond acceptors (Lipinski definition) is 4. The monoisotopic (exact) mass is 394 g/mol. The number of allylic oxidation sites excluding steroid dienone is 2. The third-order valence-electron chi connectivity index (χ3n) is 3.56. The number of nitrogens with one attached hydrogen (secondary N) is 2. The molecular formula is C18H10Cl2F2N2O2. The lowest BCUT2D eigenvalue weighted by Gasteiger charge is -2.20. The van der Waals surface area contributed by atoms with Crippen LogP contribution < -0.4 is 10.6 Å². The number of anilines is 2. The van der Waals surface area contributed by atoms with Gasteiger partial charge < -0.3 is 10.6 Å². The Labute approximate surface area is 157 Å². The number of hydrogen-bond donors (Lipinski definition) is 2. The van der Waals surface area contributed by atoms with Crippen LogP contribution in [-0.2, 0) is 9.59 Å². The van der Waals surface area contributed by atoms with Crippen molar-refractivity contribution < 1.29 is 18.4 Å². The minimum absolute atomic E-state index is 0.0446. The van der Waals surface area contributed by atoms with E-state index in [1.54, 1.807) is 0 Å². The molecule has 0 heterocycles. The average molecular weight is 395 g/mol. The Bertz CT molecular complexity index is 907. The molecule has 1 aliphatic rings. The number of carbonyl (C=O) groups excluding carboxylic acids is 2. The van der Waals surface area contributed by atoms with Crippen molar-refractivity contribution >= 4 is 46.1 Å². The molecule has 0 aliphatic heterocycles. The molecule has 2 aromatic carbocycles. The fourth-order valence-electron chi connectivity index (χ4n) is 2.26.